The Balaban J connectivity index is 1.76. The van der Waals surface area contributed by atoms with Gasteiger partial charge in [0.05, 0.1) is 26.9 Å². The molecule has 5 N–H and O–H groups in total. The summed E-state index contributed by atoms with van der Waals surface area (Å²) >= 11 is 0. The summed E-state index contributed by atoms with van der Waals surface area (Å²) in [5, 5.41) is 50.3. The lowest BCUT2D eigenvalue weighted by Gasteiger charge is -2.40. The third-order valence-corrected chi connectivity index (χ3v) is 5.42. The summed E-state index contributed by atoms with van der Waals surface area (Å²) in [5.41, 5.74) is -0.262. The number of carboxylic acids is 1. The van der Waals surface area contributed by atoms with Crippen molar-refractivity contribution in [2.24, 2.45) is 0 Å². The van der Waals surface area contributed by atoms with Crippen LogP contribution in [0.1, 0.15) is 20.7 Å². The Bertz CT molecular complexity index is 1080. The van der Waals surface area contributed by atoms with Crippen molar-refractivity contribution in [2.75, 3.05) is 27.9 Å². The number of hydrogen-bond donors (Lipinski definition) is 5. The molecule has 0 spiro atoms. The molecular formula is C23H26O13. The number of para-hydroxylation sites is 1. The molecule has 196 valence electrons. The lowest BCUT2D eigenvalue weighted by molar-refractivity contribution is -0.277. The van der Waals surface area contributed by atoms with Crippen LogP contribution in [0.3, 0.4) is 0 Å². The third-order valence-electron chi connectivity index (χ3n) is 5.42. The molecule has 2 aromatic carbocycles. The SMILES string of the molecule is COc1cc(C(=O)OC[C@H]2O[C@@H](Oc3cccc(C(=O)O)c3OC)[C@H](O)[C@@H](O)[C@@H]2O)cc(OC)c1O. The molecule has 0 aliphatic carbocycles. The minimum absolute atomic E-state index is 0.0419. The van der Waals surface area contributed by atoms with Gasteiger partial charge in [-0.25, -0.2) is 9.59 Å². The zero-order chi connectivity index (χ0) is 26.6. The lowest BCUT2D eigenvalue weighted by atomic mass is 9.99. The van der Waals surface area contributed by atoms with Crippen LogP contribution in [0, 0.1) is 0 Å². The number of benzene rings is 2. The van der Waals surface area contributed by atoms with Crippen LogP contribution in [0.15, 0.2) is 30.3 Å². The second-order valence-electron chi connectivity index (χ2n) is 7.60. The fourth-order valence-electron chi connectivity index (χ4n) is 3.52. The summed E-state index contributed by atoms with van der Waals surface area (Å²) < 4.78 is 31.4. The molecule has 5 atom stereocenters. The molecule has 13 nitrogen and oxygen atoms in total. The second kappa shape index (κ2) is 11.3. The first kappa shape index (κ1) is 26.8. The van der Waals surface area contributed by atoms with Gasteiger partial charge >= 0.3 is 11.9 Å². The molecule has 0 aromatic heterocycles. The van der Waals surface area contributed by atoms with Crippen LogP contribution in [-0.4, -0.2) is 96.1 Å². The molecular weight excluding hydrogens is 484 g/mol. The van der Waals surface area contributed by atoms with Crippen molar-refractivity contribution in [1.29, 1.82) is 0 Å². The Morgan fingerprint density at radius 3 is 2.11 bits per heavy atom. The normalized spacial score (nSPS) is 23.4. The Morgan fingerprint density at radius 1 is 0.917 bits per heavy atom. The summed E-state index contributed by atoms with van der Waals surface area (Å²) in [7, 11) is 3.79. The number of phenols is 1. The highest BCUT2D eigenvalue weighted by molar-refractivity contribution is 5.92. The summed E-state index contributed by atoms with van der Waals surface area (Å²) in [6.07, 6.45) is -8.08. The molecule has 0 amide bonds. The number of carbonyl (C=O) groups is 2. The predicted octanol–water partition coefficient (Wildman–Crippen LogP) is 0.160. The van der Waals surface area contributed by atoms with E-state index in [0.717, 1.165) is 0 Å². The molecule has 36 heavy (non-hydrogen) atoms. The number of aromatic carboxylic acids is 1. The van der Waals surface area contributed by atoms with E-state index in [-0.39, 0.29) is 39.9 Å². The average Bonchev–Trinajstić information content (AvgIpc) is 2.87. The van der Waals surface area contributed by atoms with Gasteiger partial charge in [0.1, 0.15) is 36.6 Å². The Hall–Kier alpha value is -3.78. The van der Waals surface area contributed by atoms with Crippen LogP contribution in [0.25, 0.3) is 0 Å². The maximum Gasteiger partial charge on any atom is 0.339 e. The van der Waals surface area contributed by atoms with E-state index in [1.165, 1.54) is 51.7 Å². The lowest BCUT2D eigenvalue weighted by Crippen LogP contribution is -2.60. The first-order valence-electron chi connectivity index (χ1n) is 10.5. The number of aliphatic hydroxyl groups excluding tert-OH is 3. The Labute approximate surface area is 204 Å². The van der Waals surface area contributed by atoms with E-state index < -0.39 is 49.3 Å². The van der Waals surface area contributed by atoms with Crippen LogP contribution in [0.4, 0.5) is 0 Å². The van der Waals surface area contributed by atoms with E-state index in [1.807, 2.05) is 0 Å². The van der Waals surface area contributed by atoms with Crippen LogP contribution in [0.2, 0.25) is 0 Å². The maximum atomic E-state index is 12.6. The molecule has 1 fully saturated rings. The minimum atomic E-state index is -1.75. The van der Waals surface area contributed by atoms with Gasteiger partial charge in [-0.15, -0.1) is 0 Å². The van der Waals surface area contributed by atoms with Crippen molar-refractivity contribution < 1.29 is 63.5 Å². The highest BCUT2D eigenvalue weighted by Gasteiger charge is 2.46. The number of phenolic OH excluding ortho intramolecular Hbond substituents is 1. The van der Waals surface area contributed by atoms with E-state index in [9.17, 15) is 35.1 Å². The second-order valence-corrected chi connectivity index (χ2v) is 7.60. The van der Waals surface area contributed by atoms with Crippen molar-refractivity contribution in [3.63, 3.8) is 0 Å². The maximum absolute atomic E-state index is 12.6. The van der Waals surface area contributed by atoms with Crippen LogP contribution in [0.5, 0.6) is 28.7 Å². The van der Waals surface area contributed by atoms with Crippen molar-refractivity contribution in [2.45, 2.75) is 30.7 Å². The topological polar surface area (TPSA) is 191 Å². The number of esters is 1. The molecule has 2 aromatic rings. The Morgan fingerprint density at radius 2 is 1.56 bits per heavy atom. The molecule has 3 rings (SSSR count). The van der Waals surface area contributed by atoms with Crippen LogP contribution in [-0.2, 0) is 9.47 Å². The van der Waals surface area contributed by atoms with E-state index >= 15 is 0 Å². The van der Waals surface area contributed by atoms with Gasteiger partial charge in [-0.05, 0) is 24.3 Å². The van der Waals surface area contributed by atoms with E-state index in [1.54, 1.807) is 0 Å². The first-order valence-corrected chi connectivity index (χ1v) is 10.5. The number of hydrogen-bond acceptors (Lipinski definition) is 12. The smallest absolute Gasteiger partial charge is 0.339 e. The molecule has 1 aliphatic heterocycles. The highest BCUT2D eigenvalue weighted by Crippen LogP contribution is 2.37. The van der Waals surface area contributed by atoms with Gasteiger partial charge < -0.3 is 54.0 Å². The number of carboxylic acid groups (broad SMARTS) is 1. The number of carbonyl (C=O) groups excluding carboxylic acids is 1. The third kappa shape index (κ3) is 5.39. The van der Waals surface area contributed by atoms with Gasteiger partial charge in [0.25, 0.3) is 0 Å². The van der Waals surface area contributed by atoms with Crippen molar-refractivity contribution in [1.82, 2.24) is 0 Å². The van der Waals surface area contributed by atoms with Crippen LogP contribution >= 0.6 is 0 Å². The van der Waals surface area contributed by atoms with Crippen LogP contribution < -0.4 is 18.9 Å². The van der Waals surface area contributed by atoms with E-state index in [4.69, 9.17) is 28.4 Å². The van der Waals surface area contributed by atoms with Crippen molar-refractivity contribution >= 4 is 11.9 Å². The van der Waals surface area contributed by atoms with E-state index in [2.05, 4.69) is 0 Å². The van der Waals surface area contributed by atoms with Gasteiger partial charge in [-0.3, -0.25) is 0 Å². The zero-order valence-corrected chi connectivity index (χ0v) is 19.5. The fourth-order valence-corrected chi connectivity index (χ4v) is 3.52. The number of rotatable bonds is 9. The van der Waals surface area contributed by atoms with Gasteiger partial charge in [-0.2, -0.15) is 0 Å². The summed E-state index contributed by atoms with van der Waals surface area (Å²) in [4.78, 5) is 24.0. The van der Waals surface area contributed by atoms with Gasteiger partial charge in [0.15, 0.2) is 23.0 Å². The molecule has 1 heterocycles. The summed E-state index contributed by atoms with van der Waals surface area (Å²) in [5.74, 6) is -2.84. The number of aromatic hydroxyl groups is 1. The number of methoxy groups -OCH3 is 3. The summed E-state index contributed by atoms with van der Waals surface area (Å²) in [6, 6.07) is 6.44. The molecule has 13 heteroatoms. The standard InChI is InChI=1S/C23H26O13/c1-31-13-7-10(8-14(32-2)16(13)24)22(30)34-9-15-17(25)18(26)19(27)23(36-15)35-12-6-4-5-11(21(28)29)20(12)33-3/h4-8,15,17-19,23-27H,9H2,1-3H3,(H,28,29)/t15-,17-,18+,19-,23-/m1/s1. The molecule has 1 saturated heterocycles. The number of ether oxygens (including phenoxy) is 6. The largest absolute Gasteiger partial charge is 0.502 e. The monoisotopic (exact) mass is 510 g/mol. The predicted molar refractivity (Wildman–Crippen MR) is 119 cm³/mol. The minimum Gasteiger partial charge on any atom is -0.502 e. The molecule has 0 unspecified atom stereocenters. The fraction of sp³-hybridized carbons (Fsp3) is 0.391. The molecule has 0 saturated carbocycles. The molecule has 1 aliphatic rings. The zero-order valence-electron chi connectivity index (χ0n) is 19.5. The van der Waals surface area contributed by atoms with Crippen molar-refractivity contribution in [3.05, 3.63) is 41.5 Å². The Kier molecular flexibility index (Phi) is 8.42. The highest BCUT2D eigenvalue weighted by atomic mass is 16.7. The summed E-state index contributed by atoms with van der Waals surface area (Å²) in [6.45, 7) is -0.568. The molecule has 0 bridgehead atoms. The van der Waals surface area contributed by atoms with Gasteiger partial charge in [-0.1, -0.05) is 6.07 Å². The van der Waals surface area contributed by atoms with Gasteiger partial charge in [0, 0.05) is 0 Å². The van der Waals surface area contributed by atoms with E-state index in [0.29, 0.717) is 0 Å². The number of aliphatic hydroxyl groups is 3. The quantitative estimate of drug-likeness (QED) is 0.287. The van der Waals surface area contributed by atoms with Crippen molar-refractivity contribution in [3.8, 4) is 28.7 Å². The molecule has 0 radical (unpaired) electrons. The van der Waals surface area contributed by atoms with Gasteiger partial charge in [0.2, 0.25) is 12.0 Å². The first-order chi connectivity index (χ1) is 17.1. The average molecular weight is 510 g/mol.